The van der Waals surface area contributed by atoms with E-state index in [1.54, 1.807) is 14.0 Å². The molecule has 7 heteroatoms. The maximum atomic E-state index is 12.0. The van der Waals surface area contributed by atoms with Crippen LogP contribution in [0.15, 0.2) is 10.4 Å². The first-order valence-electron chi connectivity index (χ1n) is 4.63. The van der Waals surface area contributed by atoms with E-state index in [9.17, 15) is 8.42 Å². The number of likely N-dealkylation sites (N-methyl/N-ethyl adjacent to an activating group) is 1. The number of rotatable bonds is 3. The summed E-state index contributed by atoms with van der Waals surface area (Å²) >= 11 is 1.21. The van der Waals surface area contributed by atoms with Crippen molar-refractivity contribution in [2.24, 2.45) is 0 Å². The number of aromatic nitrogens is 1. The van der Waals surface area contributed by atoms with Crippen LogP contribution in [0.1, 0.15) is 5.01 Å². The molecule has 84 valence electrons. The van der Waals surface area contributed by atoms with Gasteiger partial charge in [0.05, 0.1) is 11.2 Å². The third kappa shape index (κ3) is 1.92. The lowest BCUT2D eigenvalue weighted by Gasteiger charge is -2.34. The number of hydrogen-bond donors (Lipinski definition) is 1. The zero-order chi connectivity index (χ0) is 11.1. The largest absolute Gasteiger partial charge is 0.313 e. The van der Waals surface area contributed by atoms with Crippen molar-refractivity contribution < 1.29 is 8.42 Å². The summed E-state index contributed by atoms with van der Waals surface area (Å²) in [5.41, 5.74) is 0. The molecule has 1 aliphatic rings. The molecule has 0 bridgehead atoms. The Kier molecular flexibility index (Phi) is 2.80. The predicted molar refractivity (Wildman–Crippen MR) is 58.5 cm³/mol. The Labute approximate surface area is 93.2 Å². The Morgan fingerprint density at radius 1 is 1.60 bits per heavy atom. The molecular formula is C8H13N3O2S2. The number of thiazole rings is 1. The van der Waals surface area contributed by atoms with Gasteiger partial charge in [-0.3, -0.25) is 0 Å². The zero-order valence-electron chi connectivity index (χ0n) is 8.60. The molecule has 1 fully saturated rings. The third-order valence-corrected chi connectivity index (χ3v) is 5.77. The van der Waals surface area contributed by atoms with Gasteiger partial charge in [-0.1, -0.05) is 0 Å². The summed E-state index contributed by atoms with van der Waals surface area (Å²) in [6.45, 7) is 3.26. The van der Waals surface area contributed by atoms with Gasteiger partial charge in [0.15, 0.2) is 4.21 Å². The molecule has 1 aromatic heterocycles. The number of sulfonamides is 1. The second kappa shape index (κ2) is 3.82. The Hall–Kier alpha value is -0.500. The van der Waals surface area contributed by atoms with Gasteiger partial charge in [0.25, 0.3) is 10.0 Å². The van der Waals surface area contributed by atoms with E-state index in [0.29, 0.717) is 4.21 Å². The summed E-state index contributed by atoms with van der Waals surface area (Å²) in [6.07, 6.45) is 1.43. The van der Waals surface area contributed by atoms with Gasteiger partial charge in [0.1, 0.15) is 0 Å². The second-order valence-electron chi connectivity index (χ2n) is 3.53. The van der Waals surface area contributed by atoms with E-state index in [1.807, 2.05) is 0 Å². The highest BCUT2D eigenvalue weighted by Crippen LogP contribution is 2.23. The molecule has 1 aromatic rings. The smallest absolute Gasteiger partial charge is 0.254 e. The maximum absolute atomic E-state index is 12.0. The SMILES string of the molecule is Cc1ncc(S(=O)(=O)N(C)C2CNC2)s1. The number of aryl methyl sites for hydroxylation is 1. The van der Waals surface area contributed by atoms with E-state index < -0.39 is 10.0 Å². The molecule has 1 saturated heterocycles. The highest BCUT2D eigenvalue weighted by Gasteiger charge is 2.32. The highest BCUT2D eigenvalue weighted by molar-refractivity contribution is 7.91. The summed E-state index contributed by atoms with van der Waals surface area (Å²) in [5, 5.41) is 3.82. The first-order chi connectivity index (χ1) is 7.01. The van der Waals surface area contributed by atoms with Crippen LogP contribution in [0.3, 0.4) is 0 Å². The van der Waals surface area contributed by atoms with Crippen LogP contribution in [0.2, 0.25) is 0 Å². The minimum absolute atomic E-state index is 0.0809. The molecule has 0 aliphatic carbocycles. The van der Waals surface area contributed by atoms with Crippen LogP contribution >= 0.6 is 11.3 Å². The molecule has 0 aromatic carbocycles. The second-order valence-corrected chi connectivity index (χ2v) is 6.99. The summed E-state index contributed by atoms with van der Waals surface area (Å²) in [4.78, 5) is 3.97. The molecule has 0 spiro atoms. The average Bonchev–Trinajstić information content (AvgIpc) is 2.49. The third-order valence-electron chi connectivity index (χ3n) is 2.51. The minimum Gasteiger partial charge on any atom is -0.313 e. The number of nitrogens with zero attached hydrogens (tertiary/aromatic N) is 2. The normalized spacial score (nSPS) is 18.1. The molecular weight excluding hydrogens is 234 g/mol. The monoisotopic (exact) mass is 247 g/mol. The van der Waals surface area contributed by atoms with Crippen molar-refractivity contribution in [3.8, 4) is 0 Å². The van der Waals surface area contributed by atoms with Crippen LogP contribution in [-0.2, 0) is 10.0 Å². The predicted octanol–water partition coefficient (Wildman–Crippen LogP) is 0.0438. The summed E-state index contributed by atoms with van der Waals surface area (Å²) in [5.74, 6) is 0. The van der Waals surface area contributed by atoms with Crippen LogP contribution in [0, 0.1) is 6.92 Å². The van der Waals surface area contributed by atoms with Gasteiger partial charge in [-0.05, 0) is 6.92 Å². The molecule has 1 aliphatic heterocycles. The van der Waals surface area contributed by atoms with E-state index >= 15 is 0 Å². The van der Waals surface area contributed by atoms with Crippen LogP contribution in [0.25, 0.3) is 0 Å². The van der Waals surface area contributed by atoms with Crippen molar-refractivity contribution in [2.45, 2.75) is 17.2 Å². The van der Waals surface area contributed by atoms with Gasteiger partial charge in [-0.15, -0.1) is 11.3 Å². The quantitative estimate of drug-likeness (QED) is 0.819. The van der Waals surface area contributed by atoms with Crippen LogP contribution < -0.4 is 5.32 Å². The van der Waals surface area contributed by atoms with Crippen molar-refractivity contribution in [3.05, 3.63) is 11.2 Å². The zero-order valence-corrected chi connectivity index (χ0v) is 10.2. The van der Waals surface area contributed by atoms with Crippen molar-refractivity contribution >= 4 is 21.4 Å². The molecule has 0 unspecified atom stereocenters. The fourth-order valence-corrected chi connectivity index (χ4v) is 3.98. The lowest BCUT2D eigenvalue weighted by molar-refractivity contribution is 0.274. The summed E-state index contributed by atoms with van der Waals surface area (Å²) < 4.78 is 25.9. The number of nitrogens with one attached hydrogen (secondary N) is 1. The van der Waals surface area contributed by atoms with Crippen LogP contribution in [0.5, 0.6) is 0 Å². The molecule has 2 rings (SSSR count). The first-order valence-corrected chi connectivity index (χ1v) is 6.88. The van der Waals surface area contributed by atoms with E-state index in [0.717, 1.165) is 18.1 Å². The number of hydrogen-bond acceptors (Lipinski definition) is 5. The Balaban J connectivity index is 2.26. The van der Waals surface area contributed by atoms with Crippen molar-refractivity contribution in [2.75, 3.05) is 20.1 Å². The molecule has 5 nitrogen and oxygen atoms in total. The van der Waals surface area contributed by atoms with E-state index in [2.05, 4.69) is 10.3 Å². The Morgan fingerprint density at radius 2 is 2.27 bits per heavy atom. The average molecular weight is 247 g/mol. The van der Waals surface area contributed by atoms with E-state index in [1.165, 1.54) is 21.8 Å². The van der Waals surface area contributed by atoms with Crippen molar-refractivity contribution in [1.82, 2.24) is 14.6 Å². The molecule has 0 atom stereocenters. The van der Waals surface area contributed by atoms with Crippen LogP contribution in [0.4, 0.5) is 0 Å². The lowest BCUT2D eigenvalue weighted by Crippen LogP contribution is -2.57. The van der Waals surface area contributed by atoms with Gasteiger partial charge >= 0.3 is 0 Å². The van der Waals surface area contributed by atoms with E-state index in [-0.39, 0.29) is 6.04 Å². The van der Waals surface area contributed by atoms with Gasteiger partial charge in [-0.25, -0.2) is 13.4 Å². The van der Waals surface area contributed by atoms with Gasteiger partial charge < -0.3 is 5.32 Å². The van der Waals surface area contributed by atoms with E-state index in [4.69, 9.17) is 0 Å². The summed E-state index contributed by atoms with van der Waals surface area (Å²) in [6, 6.07) is 0.0809. The molecule has 0 saturated carbocycles. The Bertz CT molecular complexity index is 450. The highest BCUT2D eigenvalue weighted by atomic mass is 32.2. The molecule has 2 heterocycles. The first kappa shape index (κ1) is 11.0. The standard InChI is InChI=1S/C8H13N3O2S2/c1-6-10-5-8(14-6)15(12,13)11(2)7-3-9-4-7/h5,7,9H,3-4H2,1-2H3. The molecule has 15 heavy (non-hydrogen) atoms. The summed E-state index contributed by atoms with van der Waals surface area (Å²) in [7, 11) is -1.71. The van der Waals surface area contributed by atoms with Gasteiger partial charge in [0.2, 0.25) is 0 Å². The van der Waals surface area contributed by atoms with Gasteiger partial charge in [0, 0.05) is 26.2 Å². The lowest BCUT2D eigenvalue weighted by atomic mass is 10.2. The van der Waals surface area contributed by atoms with Gasteiger partial charge in [-0.2, -0.15) is 4.31 Å². The van der Waals surface area contributed by atoms with Crippen molar-refractivity contribution in [3.63, 3.8) is 0 Å². The fraction of sp³-hybridized carbons (Fsp3) is 0.625. The van der Waals surface area contributed by atoms with Crippen LogP contribution in [-0.4, -0.2) is 43.9 Å². The molecule has 0 radical (unpaired) electrons. The topological polar surface area (TPSA) is 62.3 Å². The maximum Gasteiger partial charge on any atom is 0.254 e. The molecule has 1 N–H and O–H groups in total. The fourth-order valence-electron chi connectivity index (χ4n) is 1.33. The Morgan fingerprint density at radius 3 is 2.67 bits per heavy atom. The molecule has 0 amide bonds. The van der Waals surface area contributed by atoms with Crippen molar-refractivity contribution in [1.29, 1.82) is 0 Å². The minimum atomic E-state index is -3.33.